The maximum absolute atomic E-state index is 12.0. The van der Waals surface area contributed by atoms with Crippen molar-refractivity contribution in [1.82, 2.24) is 15.5 Å². The lowest BCUT2D eigenvalue weighted by Crippen LogP contribution is -2.26. The zero-order chi connectivity index (χ0) is 18.5. The minimum Gasteiger partial charge on any atom is -0.449 e. The Morgan fingerprint density at radius 1 is 1.11 bits per heavy atom. The van der Waals surface area contributed by atoms with Gasteiger partial charge in [0.1, 0.15) is 6.61 Å². The molecule has 4 rings (SSSR count). The normalized spacial score (nSPS) is 12.7. The Bertz CT molecular complexity index is 902. The molecule has 5 heteroatoms. The third-order valence-electron chi connectivity index (χ3n) is 4.75. The Labute approximate surface area is 158 Å². The van der Waals surface area contributed by atoms with E-state index in [0.717, 1.165) is 12.0 Å². The van der Waals surface area contributed by atoms with Crippen LogP contribution in [0.4, 0.5) is 4.79 Å². The van der Waals surface area contributed by atoms with Crippen molar-refractivity contribution in [3.63, 3.8) is 0 Å². The summed E-state index contributed by atoms with van der Waals surface area (Å²) in [5, 5.41) is 9.43. The van der Waals surface area contributed by atoms with Crippen LogP contribution >= 0.6 is 0 Å². The monoisotopic (exact) mass is 359 g/mol. The van der Waals surface area contributed by atoms with Gasteiger partial charge in [-0.2, -0.15) is 5.10 Å². The van der Waals surface area contributed by atoms with Gasteiger partial charge in [-0.15, -0.1) is 0 Å². The number of ether oxygens (including phenoxy) is 1. The number of nitrogens with zero attached hydrogens (tertiary/aromatic N) is 1. The fourth-order valence-corrected chi connectivity index (χ4v) is 3.48. The lowest BCUT2D eigenvalue weighted by atomic mass is 9.98. The molecule has 27 heavy (non-hydrogen) atoms. The molecule has 2 N–H and O–H groups in total. The highest BCUT2D eigenvalue weighted by molar-refractivity contribution is 5.79. The summed E-state index contributed by atoms with van der Waals surface area (Å²) >= 11 is 0. The third-order valence-corrected chi connectivity index (χ3v) is 4.75. The van der Waals surface area contributed by atoms with Gasteiger partial charge < -0.3 is 10.1 Å². The van der Waals surface area contributed by atoms with Gasteiger partial charge in [-0.3, -0.25) is 5.10 Å². The summed E-state index contributed by atoms with van der Waals surface area (Å²) in [5.74, 6) is 0.0872. The van der Waals surface area contributed by atoms with Crippen LogP contribution in [0, 0.1) is 0 Å². The van der Waals surface area contributed by atoms with Crippen LogP contribution in [-0.2, 0) is 4.74 Å². The summed E-state index contributed by atoms with van der Waals surface area (Å²) < 4.78 is 5.50. The molecule has 136 valence electrons. The fourth-order valence-electron chi connectivity index (χ4n) is 3.48. The van der Waals surface area contributed by atoms with Crippen LogP contribution in [0.1, 0.15) is 29.0 Å². The summed E-state index contributed by atoms with van der Waals surface area (Å²) in [6.07, 6.45) is 7.87. The number of alkyl carbamates (subject to hydrolysis) is 1. The molecule has 0 fully saturated rings. The second-order valence-electron chi connectivity index (χ2n) is 6.48. The quantitative estimate of drug-likeness (QED) is 0.643. The standard InChI is InChI=1S/C22H21N3O2/c26-22(23-12-6-5-7-16-13-24-25-14-16)27-15-21-19-10-3-1-8-17(19)18-9-2-4-11-20(18)21/h1-5,7-11,13-14,21H,6,12,15H2,(H,23,26)(H,24,25). The molecule has 0 radical (unpaired) electrons. The molecule has 0 bridgehead atoms. The molecule has 1 aliphatic rings. The third kappa shape index (κ3) is 3.77. The second kappa shape index (κ2) is 7.91. The molecule has 3 aromatic rings. The highest BCUT2D eigenvalue weighted by Crippen LogP contribution is 2.44. The first-order chi connectivity index (χ1) is 13.3. The predicted molar refractivity (Wildman–Crippen MR) is 105 cm³/mol. The number of nitrogens with one attached hydrogen (secondary N) is 2. The van der Waals surface area contributed by atoms with Crippen molar-refractivity contribution in [3.05, 3.63) is 83.7 Å². The average molecular weight is 359 g/mol. The first-order valence-electron chi connectivity index (χ1n) is 9.07. The van der Waals surface area contributed by atoms with Crippen LogP contribution in [-0.4, -0.2) is 29.4 Å². The molecule has 0 unspecified atom stereocenters. The van der Waals surface area contributed by atoms with Gasteiger partial charge in [0.15, 0.2) is 0 Å². The van der Waals surface area contributed by atoms with Crippen molar-refractivity contribution < 1.29 is 9.53 Å². The summed E-state index contributed by atoms with van der Waals surface area (Å²) in [5.41, 5.74) is 5.90. The van der Waals surface area contributed by atoms with Gasteiger partial charge in [-0.1, -0.05) is 60.7 Å². The molecule has 1 amide bonds. The van der Waals surface area contributed by atoms with Crippen LogP contribution in [0.25, 0.3) is 17.2 Å². The fraction of sp³-hybridized carbons (Fsp3) is 0.182. The molecular formula is C22H21N3O2. The lowest BCUT2D eigenvalue weighted by molar-refractivity contribution is 0.143. The SMILES string of the molecule is O=C(NCCC=Cc1cn[nH]c1)OCC1c2ccccc2-c2ccccc21. The Kier molecular flexibility index (Phi) is 5.01. The topological polar surface area (TPSA) is 67.0 Å². The van der Waals surface area contributed by atoms with Gasteiger partial charge in [-0.05, 0) is 28.7 Å². The molecule has 0 atom stereocenters. The van der Waals surface area contributed by atoms with E-state index < -0.39 is 0 Å². The van der Waals surface area contributed by atoms with Gasteiger partial charge in [0.25, 0.3) is 0 Å². The summed E-state index contributed by atoms with van der Waals surface area (Å²) in [6, 6.07) is 16.6. The van der Waals surface area contributed by atoms with Crippen LogP contribution in [0.2, 0.25) is 0 Å². The average Bonchev–Trinajstić information content (AvgIpc) is 3.32. The van der Waals surface area contributed by atoms with E-state index in [2.05, 4.69) is 39.8 Å². The molecule has 0 spiro atoms. The number of carbonyl (C=O) groups excluding carboxylic acids is 1. The smallest absolute Gasteiger partial charge is 0.407 e. The van der Waals surface area contributed by atoms with E-state index in [9.17, 15) is 4.79 Å². The largest absolute Gasteiger partial charge is 0.449 e. The molecule has 1 heterocycles. The number of fused-ring (bicyclic) bond motifs is 3. The highest BCUT2D eigenvalue weighted by atomic mass is 16.5. The molecule has 0 aliphatic heterocycles. The minimum atomic E-state index is -0.381. The number of amides is 1. The van der Waals surface area contributed by atoms with Crippen molar-refractivity contribution >= 4 is 12.2 Å². The Morgan fingerprint density at radius 3 is 2.48 bits per heavy atom. The Balaban J connectivity index is 1.30. The first-order valence-corrected chi connectivity index (χ1v) is 9.07. The molecule has 0 saturated carbocycles. The second-order valence-corrected chi connectivity index (χ2v) is 6.48. The molecule has 1 aliphatic carbocycles. The summed E-state index contributed by atoms with van der Waals surface area (Å²) in [7, 11) is 0. The van der Waals surface area contributed by atoms with E-state index >= 15 is 0 Å². The minimum absolute atomic E-state index is 0.0872. The Morgan fingerprint density at radius 2 is 1.81 bits per heavy atom. The number of rotatable bonds is 6. The van der Waals surface area contributed by atoms with Crippen molar-refractivity contribution in [2.75, 3.05) is 13.2 Å². The van der Waals surface area contributed by atoms with Gasteiger partial charge in [-0.25, -0.2) is 4.79 Å². The highest BCUT2D eigenvalue weighted by Gasteiger charge is 2.28. The number of H-pyrrole nitrogens is 1. The molecule has 5 nitrogen and oxygen atoms in total. The maximum atomic E-state index is 12.0. The summed E-state index contributed by atoms with van der Waals surface area (Å²) in [6.45, 7) is 0.871. The number of aromatic amines is 1. The van der Waals surface area contributed by atoms with E-state index in [1.807, 2.05) is 42.6 Å². The van der Waals surface area contributed by atoms with E-state index in [4.69, 9.17) is 4.74 Å². The Hall–Kier alpha value is -3.34. The maximum Gasteiger partial charge on any atom is 0.407 e. The van der Waals surface area contributed by atoms with E-state index in [1.165, 1.54) is 22.3 Å². The van der Waals surface area contributed by atoms with Crippen LogP contribution < -0.4 is 5.32 Å². The first kappa shape index (κ1) is 17.1. The van der Waals surface area contributed by atoms with Gasteiger partial charge in [0.05, 0.1) is 6.20 Å². The van der Waals surface area contributed by atoms with E-state index in [-0.39, 0.29) is 12.0 Å². The van der Waals surface area contributed by atoms with Crippen LogP contribution in [0.3, 0.4) is 0 Å². The predicted octanol–water partition coefficient (Wildman–Crippen LogP) is 4.35. The van der Waals surface area contributed by atoms with Crippen LogP contribution in [0.5, 0.6) is 0 Å². The number of aromatic nitrogens is 2. The zero-order valence-electron chi connectivity index (χ0n) is 14.9. The van der Waals surface area contributed by atoms with Crippen molar-refractivity contribution in [1.29, 1.82) is 0 Å². The zero-order valence-corrected chi connectivity index (χ0v) is 14.9. The van der Waals surface area contributed by atoms with Crippen molar-refractivity contribution in [2.24, 2.45) is 0 Å². The lowest BCUT2D eigenvalue weighted by Gasteiger charge is -2.14. The molecule has 1 aromatic heterocycles. The van der Waals surface area contributed by atoms with E-state index in [0.29, 0.717) is 13.2 Å². The van der Waals surface area contributed by atoms with Gasteiger partial charge in [0.2, 0.25) is 0 Å². The van der Waals surface area contributed by atoms with Crippen molar-refractivity contribution in [2.45, 2.75) is 12.3 Å². The van der Waals surface area contributed by atoms with Gasteiger partial charge >= 0.3 is 6.09 Å². The molecular weight excluding hydrogens is 338 g/mol. The van der Waals surface area contributed by atoms with Crippen molar-refractivity contribution in [3.8, 4) is 11.1 Å². The number of carbonyl (C=O) groups is 1. The number of benzene rings is 2. The number of hydrogen-bond donors (Lipinski definition) is 2. The van der Waals surface area contributed by atoms with Gasteiger partial charge in [0, 0.05) is 24.2 Å². The molecule has 2 aromatic carbocycles. The summed E-state index contributed by atoms with van der Waals surface area (Å²) in [4.78, 5) is 12.0. The molecule has 0 saturated heterocycles. The number of hydrogen-bond acceptors (Lipinski definition) is 3. The van der Waals surface area contributed by atoms with E-state index in [1.54, 1.807) is 6.20 Å². The van der Waals surface area contributed by atoms with Crippen LogP contribution in [0.15, 0.2) is 67.0 Å².